The van der Waals surface area contributed by atoms with Crippen LogP contribution in [0.4, 0.5) is 0 Å². The lowest BCUT2D eigenvalue weighted by Crippen LogP contribution is -2.45. The quantitative estimate of drug-likeness (QED) is 0.434. The molecule has 1 spiro atoms. The zero-order valence-corrected chi connectivity index (χ0v) is 16.4. The predicted octanol–water partition coefficient (Wildman–Crippen LogP) is 4.91. The van der Waals surface area contributed by atoms with E-state index < -0.39 is 11.6 Å². The molecule has 0 aromatic rings. The Morgan fingerprint density at radius 2 is 1.96 bits per heavy atom. The zero-order valence-electron chi connectivity index (χ0n) is 16.4. The van der Waals surface area contributed by atoms with E-state index in [0.29, 0.717) is 31.1 Å². The van der Waals surface area contributed by atoms with Crippen molar-refractivity contribution >= 4 is 11.7 Å². The molecule has 0 aromatic carbocycles. The number of ether oxygens (including phenoxy) is 1. The van der Waals surface area contributed by atoms with E-state index in [1.54, 1.807) is 0 Å². The van der Waals surface area contributed by atoms with Gasteiger partial charge in [-0.3, -0.25) is 0 Å². The van der Waals surface area contributed by atoms with Crippen molar-refractivity contribution in [3.8, 4) is 0 Å². The van der Waals surface area contributed by atoms with E-state index in [4.69, 9.17) is 9.57 Å². The van der Waals surface area contributed by atoms with Crippen LogP contribution in [0.2, 0.25) is 0 Å². The highest BCUT2D eigenvalue weighted by Gasteiger charge is 2.46. The first kappa shape index (κ1) is 19.8. The zero-order chi connectivity index (χ0) is 18.7. The summed E-state index contributed by atoms with van der Waals surface area (Å²) in [5, 5.41) is 14.7. The third kappa shape index (κ3) is 4.56. The van der Waals surface area contributed by atoms with Crippen LogP contribution < -0.4 is 0 Å². The highest BCUT2D eigenvalue weighted by Crippen LogP contribution is 2.47. The van der Waals surface area contributed by atoms with Crippen molar-refractivity contribution in [3.63, 3.8) is 0 Å². The van der Waals surface area contributed by atoms with Gasteiger partial charge in [0.1, 0.15) is 23.5 Å². The van der Waals surface area contributed by atoms with E-state index in [0.717, 1.165) is 32.1 Å². The van der Waals surface area contributed by atoms with Gasteiger partial charge in [0.05, 0.1) is 5.71 Å². The molecule has 0 radical (unpaired) electrons. The molecule has 142 valence electrons. The summed E-state index contributed by atoms with van der Waals surface area (Å²) in [4.78, 5) is 17.8. The molecule has 5 nitrogen and oxygen atoms in total. The van der Waals surface area contributed by atoms with Crippen LogP contribution in [-0.4, -0.2) is 29.0 Å². The summed E-state index contributed by atoms with van der Waals surface area (Å²) in [5.74, 6) is 0.279. The van der Waals surface area contributed by atoms with Crippen molar-refractivity contribution in [3.05, 3.63) is 11.3 Å². The lowest BCUT2D eigenvalue weighted by atomic mass is 9.67. The SMILES string of the molecule is CCCC(=NOCC)C1=C(O)CC2(CCC(C(C)(C)C)CC2)OC1=O. The van der Waals surface area contributed by atoms with E-state index in [9.17, 15) is 9.90 Å². The molecule has 0 atom stereocenters. The monoisotopic (exact) mass is 351 g/mol. The van der Waals surface area contributed by atoms with Crippen LogP contribution in [0, 0.1) is 11.3 Å². The van der Waals surface area contributed by atoms with Gasteiger partial charge in [0.2, 0.25) is 0 Å². The molecule has 0 saturated heterocycles. The molecule has 1 heterocycles. The first-order chi connectivity index (χ1) is 11.7. The molecule has 0 unspecified atom stereocenters. The summed E-state index contributed by atoms with van der Waals surface area (Å²) in [6.45, 7) is 11.1. The van der Waals surface area contributed by atoms with Crippen LogP contribution in [0.25, 0.3) is 0 Å². The van der Waals surface area contributed by atoms with Crippen molar-refractivity contribution in [1.82, 2.24) is 0 Å². The Morgan fingerprint density at radius 3 is 2.44 bits per heavy atom. The minimum atomic E-state index is -0.546. The van der Waals surface area contributed by atoms with Gasteiger partial charge in [-0.05, 0) is 50.4 Å². The Balaban J connectivity index is 2.18. The minimum absolute atomic E-state index is 0.109. The van der Waals surface area contributed by atoms with E-state index in [1.165, 1.54) is 0 Å². The van der Waals surface area contributed by atoms with Gasteiger partial charge in [-0.25, -0.2) is 4.79 Å². The van der Waals surface area contributed by atoms with Gasteiger partial charge >= 0.3 is 5.97 Å². The maximum absolute atomic E-state index is 12.7. The maximum atomic E-state index is 12.7. The molecule has 5 heteroatoms. The second-order valence-corrected chi connectivity index (χ2v) is 8.42. The fourth-order valence-corrected chi connectivity index (χ4v) is 3.96. The Kier molecular flexibility index (Phi) is 6.17. The van der Waals surface area contributed by atoms with E-state index in [1.807, 2.05) is 13.8 Å². The molecule has 1 aliphatic carbocycles. The third-order valence-electron chi connectivity index (χ3n) is 5.49. The standard InChI is InChI=1S/C20H33NO4/c1-6-8-15(21-24-7-2)17-16(22)13-20(25-18(17)23)11-9-14(10-12-20)19(3,4)5/h14,22H,6-13H2,1-5H3. The van der Waals surface area contributed by atoms with Crippen LogP contribution in [0.3, 0.4) is 0 Å². The maximum Gasteiger partial charge on any atom is 0.344 e. The molecule has 0 amide bonds. The summed E-state index contributed by atoms with van der Waals surface area (Å²) < 4.78 is 5.87. The summed E-state index contributed by atoms with van der Waals surface area (Å²) in [7, 11) is 0. The lowest BCUT2D eigenvalue weighted by molar-refractivity contribution is -0.164. The fourth-order valence-electron chi connectivity index (χ4n) is 3.96. The summed E-state index contributed by atoms with van der Waals surface area (Å²) in [6.07, 6.45) is 5.44. The highest BCUT2D eigenvalue weighted by atomic mass is 16.6. The smallest absolute Gasteiger partial charge is 0.344 e. The van der Waals surface area contributed by atoms with Gasteiger partial charge in [0, 0.05) is 6.42 Å². The number of oxime groups is 1. The predicted molar refractivity (Wildman–Crippen MR) is 98.5 cm³/mol. The fraction of sp³-hybridized carbons (Fsp3) is 0.800. The average Bonchev–Trinajstić information content (AvgIpc) is 2.51. The number of rotatable bonds is 5. The van der Waals surface area contributed by atoms with Gasteiger partial charge in [0.25, 0.3) is 0 Å². The lowest BCUT2D eigenvalue weighted by Gasteiger charge is -2.45. The molecule has 1 N–H and O–H groups in total. The van der Waals surface area contributed by atoms with E-state index >= 15 is 0 Å². The number of esters is 1. The molecule has 0 aromatic heterocycles. The molecule has 1 fully saturated rings. The van der Waals surface area contributed by atoms with E-state index in [2.05, 4.69) is 25.9 Å². The van der Waals surface area contributed by atoms with Crippen molar-refractivity contribution in [2.24, 2.45) is 16.5 Å². The van der Waals surface area contributed by atoms with Crippen molar-refractivity contribution in [2.45, 2.75) is 85.2 Å². The van der Waals surface area contributed by atoms with Gasteiger partial charge in [0.15, 0.2) is 0 Å². The summed E-state index contributed by atoms with van der Waals surface area (Å²) in [5.41, 5.74) is 0.417. The number of carbonyl (C=O) groups excluding carboxylic acids is 1. The van der Waals surface area contributed by atoms with Crippen LogP contribution in [0.1, 0.15) is 79.6 Å². The minimum Gasteiger partial charge on any atom is -0.511 e. The van der Waals surface area contributed by atoms with Crippen LogP contribution in [0.15, 0.2) is 16.5 Å². The van der Waals surface area contributed by atoms with Crippen molar-refractivity contribution in [1.29, 1.82) is 0 Å². The van der Waals surface area contributed by atoms with Gasteiger partial charge in [-0.15, -0.1) is 0 Å². The Hall–Kier alpha value is -1.52. The van der Waals surface area contributed by atoms with Crippen LogP contribution in [0.5, 0.6) is 0 Å². The molecular formula is C20H33NO4. The molecule has 0 bridgehead atoms. The second kappa shape index (κ2) is 7.79. The second-order valence-electron chi connectivity index (χ2n) is 8.42. The van der Waals surface area contributed by atoms with Crippen molar-refractivity contribution in [2.75, 3.05) is 6.61 Å². The average molecular weight is 351 g/mol. The first-order valence-electron chi connectivity index (χ1n) is 9.57. The van der Waals surface area contributed by atoms with Gasteiger partial charge in [-0.1, -0.05) is 39.3 Å². The Morgan fingerprint density at radius 1 is 1.32 bits per heavy atom. The molecule has 2 aliphatic rings. The van der Waals surface area contributed by atoms with Crippen molar-refractivity contribution < 1.29 is 19.5 Å². The normalized spacial score (nSPS) is 28.3. The number of hydrogen-bond acceptors (Lipinski definition) is 5. The third-order valence-corrected chi connectivity index (χ3v) is 5.49. The molecule has 1 saturated carbocycles. The topological polar surface area (TPSA) is 68.1 Å². The number of hydrogen-bond donors (Lipinski definition) is 1. The highest BCUT2D eigenvalue weighted by molar-refractivity contribution is 6.20. The van der Waals surface area contributed by atoms with Crippen LogP contribution >= 0.6 is 0 Å². The molecule has 1 aliphatic heterocycles. The number of nitrogens with zero attached hydrogens (tertiary/aromatic N) is 1. The summed E-state index contributed by atoms with van der Waals surface area (Å²) in [6, 6.07) is 0. The van der Waals surface area contributed by atoms with E-state index in [-0.39, 0.29) is 16.7 Å². The summed E-state index contributed by atoms with van der Waals surface area (Å²) >= 11 is 0. The molecule has 2 rings (SSSR count). The number of carbonyl (C=O) groups is 1. The first-order valence-corrected chi connectivity index (χ1v) is 9.57. The van der Waals surface area contributed by atoms with Gasteiger partial charge in [-0.2, -0.15) is 0 Å². The number of aliphatic hydroxyl groups excluding tert-OH is 1. The van der Waals surface area contributed by atoms with Gasteiger partial charge < -0.3 is 14.7 Å². The molecule has 25 heavy (non-hydrogen) atoms. The molecular weight excluding hydrogens is 318 g/mol. The Labute approximate surface area is 151 Å². The Bertz CT molecular complexity index is 549. The number of aliphatic hydroxyl groups is 1. The van der Waals surface area contributed by atoms with Crippen LogP contribution in [-0.2, 0) is 14.4 Å². The largest absolute Gasteiger partial charge is 0.511 e.